The van der Waals surface area contributed by atoms with Gasteiger partial charge in [-0.3, -0.25) is 9.78 Å². The summed E-state index contributed by atoms with van der Waals surface area (Å²) in [5.41, 5.74) is 1.73. The summed E-state index contributed by atoms with van der Waals surface area (Å²) < 4.78 is 1.60. The quantitative estimate of drug-likeness (QED) is 0.720. The summed E-state index contributed by atoms with van der Waals surface area (Å²) in [7, 11) is 0. The Morgan fingerprint density at radius 3 is 2.73 bits per heavy atom. The van der Waals surface area contributed by atoms with Crippen LogP contribution in [0.2, 0.25) is 0 Å². The molecule has 1 aliphatic heterocycles. The molecule has 0 saturated carbocycles. The minimum atomic E-state index is -0.0250. The van der Waals surface area contributed by atoms with Crippen molar-refractivity contribution >= 4 is 16.7 Å². The van der Waals surface area contributed by atoms with Crippen LogP contribution in [0, 0.1) is 19.8 Å². The molecule has 1 fully saturated rings. The Labute approximate surface area is 151 Å². The molecule has 4 rings (SSSR count). The Morgan fingerprint density at radius 2 is 1.92 bits per heavy atom. The lowest BCUT2D eigenvalue weighted by Crippen LogP contribution is -2.37. The van der Waals surface area contributed by atoms with E-state index < -0.39 is 0 Å². The number of aromatic nitrogens is 5. The largest absolute Gasteiger partial charge is 0.356 e. The summed E-state index contributed by atoms with van der Waals surface area (Å²) in [5, 5.41) is 5.40. The van der Waals surface area contributed by atoms with Gasteiger partial charge in [-0.15, -0.1) is 0 Å². The third kappa shape index (κ3) is 3.29. The minimum absolute atomic E-state index is 0.0250. The number of piperidine rings is 1. The van der Waals surface area contributed by atoms with E-state index in [2.05, 4.69) is 25.0 Å². The van der Waals surface area contributed by atoms with Gasteiger partial charge in [-0.2, -0.15) is 5.10 Å². The van der Waals surface area contributed by atoms with E-state index in [-0.39, 0.29) is 5.56 Å². The lowest BCUT2D eigenvalue weighted by molar-refractivity contribution is 0.333. The van der Waals surface area contributed by atoms with Gasteiger partial charge in [0.2, 0.25) is 0 Å². The van der Waals surface area contributed by atoms with Crippen molar-refractivity contribution in [2.75, 3.05) is 18.0 Å². The first-order valence-corrected chi connectivity index (χ1v) is 8.98. The molecule has 3 aromatic rings. The highest BCUT2D eigenvalue weighted by atomic mass is 16.1. The topological polar surface area (TPSA) is 76.8 Å². The second kappa shape index (κ2) is 6.82. The van der Waals surface area contributed by atoms with Crippen molar-refractivity contribution in [1.29, 1.82) is 0 Å². The molecule has 7 nitrogen and oxygen atoms in total. The van der Waals surface area contributed by atoms with E-state index in [1.54, 1.807) is 29.2 Å². The van der Waals surface area contributed by atoms with Crippen LogP contribution >= 0.6 is 0 Å². The van der Waals surface area contributed by atoms with E-state index in [4.69, 9.17) is 0 Å². The van der Waals surface area contributed by atoms with Crippen LogP contribution in [-0.2, 0) is 6.54 Å². The molecule has 1 saturated heterocycles. The van der Waals surface area contributed by atoms with Crippen molar-refractivity contribution in [3.63, 3.8) is 0 Å². The normalized spacial score (nSPS) is 15.5. The van der Waals surface area contributed by atoms with E-state index in [1.807, 2.05) is 19.9 Å². The van der Waals surface area contributed by atoms with Crippen molar-refractivity contribution in [3.8, 4) is 0 Å². The second-order valence-electron chi connectivity index (χ2n) is 6.91. The number of pyridine rings is 1. The molecule has 0 bridgehead atoms. The molecule has 0 aliphatic carbocycles. The molecular weight excluding hydrogens is 328 g/mol. The van der Waals surface area contributed by atoms with Gasteiger partial charge in [0.15, 0.2) is 0 Å². The number of aryl methyl sites for hydroxylation is 2. The standard InChI is InChI=1S/C19H22N6O/c1-13-3-4-18(26)25(23-13)12-15-6-9-24(10-7-15)19-16-5-8-20-11-17(16)21-14(2)22-19/h3-5,8,11,15H,6-7,9-10,12H2,1-2H3. The third-order valence-corrected chi connectivity index (χ3v) is 4.94. The van der Waals surface area contributed by atoms with Gasteiger partial charge >= 0.3 is 0 Å². The van der Waals surface area contributed by atoms with Crippen LogP contribution in [0.25, 0.3) is 10.9 Å². The highest BCUT2D eigenvalue weighted by Crippen LogP contribution is 2.28. The Hall–Kier alpha value is -2.83. The molecule has 1 aliphatic rings. The molecule has 0 radical (unpaired) electrons. The SMILES string of the molecule is Cc1ccc(=O)n(CC2CCN(c3nc(C)nc4cnccc34)CC2)n1. The van der Waals surface area contributed by atoms with Crippen molar-refractivity contribution in [2.24, 2.45) is 5.92 Å². The predicted octanol–water partition coefficient (Wildman–Crippen LogP) is 2.11. The van der Waals surface area contributed by atoms with Gasteiger partial charge in [-0.1, -0.05) is 0 Å². The van der Waals surface area contributed by atoms with E-state index in [9.17, 15) is 4.79 Å². The molecule has 0 spiro atoms. The number of nitrogens with zero attached hydrogens (tertiary/aromatic N) is 6. The van der Waals surface area contributed by atoms with Crippen LogP contribution in [0.4, 0.5) is 5.82 Å². The Kier molecular flexibility index (Phi) is 4.36. The lowest BCUT2D eigenvalue weighted by atomic mass is 9.96. The van der Waals surface area contributed by atoms with E-state index >= 15 is 0 Å². The first-order chi connectivity index (χ1) is 12.6. The molecule has 7 heteroatoms. The Morgan fingerprint density at radius 1 is 1.12 bits per heavy atom. The highest BCUT2D eigenvalue weighted by Gasteiger charge is 2.23. The van der Waals surface area contributed by atoms with Crippen molar-refractivity contribution in [1.82, 2.24) is 24.7 Å². The van der Waals surface area contributed by atoms with Gasteiger partial charge in [-0.05, 0) is 44.7 Å². The van der Waals surface area contributed by atoms with Crippen LogP contribution in [0.1, 0.15) is 24.4 Å². The maximum Gasteiger partial charge on any atom is 0.266 e. The fraction of sp³-hybridized carbons (Fsp3) is 0.421. The molecule has 0 atom stereocenters. The van der Waals surface area contributed by atoms with Crippen molar-refractivity contribution in [2.45, 2.75) is 33.2 Å². The number of fused-ring (bicyclic) bond motifs is 1. The average molecular weight is 350 g/mol. The zero-order chi connectivity index (χ0) is 18.1. The van der Waals surface area contributed by atoms with Crippen LogP contribution < -0.4 is 10.5 Å². The molecule has 0 amide bonds. The molecule has 0 N–H and O–H groups in total. The maximum atomic E-state index is 12.0. The van der Waals surface area contributed by atoms with Crippen LogP contribution in [0.3, 0.4) is 0 Å². The molecule has 4 heterocycles. The first-order valence-electron chi connectivity index (χ1n) is 8.98. The summed E-state index contributed by atoms with van der Waals surface area (Å²) >= 11 is 0. The van der Waals surface area contributed by atoms with Gasteiger partial charge in [-0.25, -0.2) is 14.6 Å². The van der Waals surface area contributed by atoms with Crippen molar-refractivity contribution in [3.05, 3.63) is 52.5 Å². The van der Waals surface area contributed by atoms with Crippen LogP contribution in [-0.4, -0.2) is 37.8 Å². The van der Waals surface area contributed by atoms with E-state index in [0.717, 1.165) is 54.2 Å². The summed E-state index contributed by atoms with van der Waals surface area (Å²) in [6.07, 6.45) is 5.60. The van der Waals surface area contributed by atoms with Crippen LogP contribution in [0.5, 0.6) is 0 Å². The average Bonchev–Trinajstić information content (AvgIpc) is 2.65. The van der Waals surface area contributed by atoms with Gasteiger partial charge in [0, 0.05) is 37.3 Å². The van der Waals surface area contributed by atoms with Gasteiger partial charge in [0.05, 0.1) is 17.4 Å². The summed E-state index contributed by atoms with van der Waals surface area (Å²) in [4.78, 5) is 27.6. The fourth-order valence-electron chi connectivity index (χ4n) is 3.57. The second-order valence-corrected chi connectivity index (χ2v) is 6.91. The number of rotatable bonds is 3. The maximum absolute atomic E-state index is 12.0. The summed E-state index contributed by atoms with van der Waals surface area (Å²) in [6, 6.07) is 5.34. The number of hydrogen-bond donors (Lipinski definition) is 0. The Bertz CT molecular complexity index is 991. The molecule has 3 aromatic heterocycles. The van der Waals surface area contributed by atoms with Gasteiger partial charge in [0.25, 0.3) is 5.56 Å². The molecule has 0 unspecified atom stereocenters. The monoisotopic (exact) mass is 350 g/mol. The third-order valence-electron chi connectivity index (χ3n) is 4.94. The highest BCUT2D eigenvalue weighted by molar-refractivity contribution is 5.88. The zero-order valence-electron chi connectivity index (χ0n) is 15.1. The summed E-state index contributed by atoms with van der Waals surface area (Å²) in [6.45, 7) is 6.34. The van der Waals surface area contributed by atoms with Gasteiger partial charge in [0.1, 0.15) is 11.6 Å². The predicted molar refractivity (Wildman–Crippen MR) is 100 cm³/mol. The van der Waals surface area contributed by atoms with Crippen LogP contribution in [0.15, 0.2) is 35.4 Å². The minimum Gasteiger partial charge on any atom is -0.356 e. The first kappa shape index (κ1) is 16.6. The smallest absolute Gasteiger partial charge is 0.266 e. The Balaban J connectivity index is 1.51. The summed E-state index contributed by atoms with van der Waals surface area (Å²) in [5.74, 6) is 2.20. The lowest BCUT2D eigenvalue weighted by Gasteiger charge is -2.33. The van der Waals surface area contributed by atoms with E-state index in [0.29, 0.717) is 12.5 Å². The fourth-order valence-corrected chi connectivity index (χ4v) is 3.57. The van der Waals surface area contributed by atoms with Crippen molar-refractivity contribution < 1.29 is 0 Å². The number of anilines is 1. The molecule has 134 valence electrons. The van der Waals surface area contributed by atoms with E-state index in [1.165, 1.54) is 0 Å². The molecule has 26 heavy (non-hydrogen) atoms. The zero-order valence-corrected chi connectivity index (χ0v) is 15.1. The molecule has 0 aromatic carbocycles. The number of hydrogen-bond acceptors (Lipinski definition) is 6. The van der Waals surface area contributed by atoms with Gasteiger partial charge < -0.3 is 4.90 Å². The molecular formula is C19H22N6O.